The van der Waals surface area contributed by atoms with E-state index >= 15 is 0 Å². The quantitative estimate of drug-likeness (QED) is 0.333. The van der Waals surface area contributed by atoms with Crippen LogP contribution in [0, 0.1) is 0 Å². The summed E-state index contributed by atoms with van der Waals surface area (Å²) in [5.74, 6) is 1.05. The minimum absolute atomic E-state index is 0.524. The molecule has 2 aliphatic rings. The molecule has 0 N–H and O–H groups in total. The van der Waals surface area contributed by atoms with Crippen LogP contribution in [0.2, 0.25) is 0 Å². The van der Waals surface area contributed by atoms with Crippen LogP contribution < -0.4 is 0 Å². The summed E-state index contributed by atoms with van der Waals surface area (Å²) in [6.45, 7) is 0. The van der Waals surface area contributed by atoms with E-state index < -0.39 is 0 Å². The highest BCUT2D eigenvalue weighted by Gasteiger charge is 2.44. The van der Waals surface area contributed by atoms with Crippen molar-refractivity contribution >= 4 is 34.3 Å². The first-order valence-corrected chi connectivity index (χ1v) is 11.7. The minimum Gasteiger partial charge on any atom is -0.0930 e. The fourth-order valence-corrected chi connectivity index (χ4v) is 7.24. The van der Waals surface area contributed by atoms with E-state index in [1.165, 1.54) is 27.0 Å². The Bertz CT molecular complexity index is 1130. The van der Waals surface area contributed by atoms with Crippen LogP contribution in [0.5, 0.6) is 0 Å². The van der Waals surface area contributed by atoms with E-state index in [-0.39, 0.29) is 0 Å². The van der Waals surface area contributed by atoms with Crippen molar-refractivity contribution in [1.29, 1.82) is 0 Å². The lowest BCUT2D eigenvalue weighted by Gasteiger charge is -2.23. The number of thioether (sulfide) groups is 2. The Hall–Kier alpha value is -2.42. The SMILES string of the molecule is c1ccc(SC2=C(Sc3ccccc3)[C@@H]3C[C@H]2c2cc4ccccc4cc23)cc1. The summed E-state index contributed by atoms with van der Waals surface area (Å²) >= 11 is 3.94. The molecule has 0 fully saturated rings. The Morgan fingerprint density at radius 2 is 0.931 bits per heavy atom. The molecule has 29 heavy (non-hydrogen) atoms. The molecule has 2 heteroatoms. The average molecular weight is 409 g/mol. The second kappa shape index (κ2) is 7.12. The van der Waals surface area contributed by atoms with Gasteiger partial charge in [0, 0.05) is 31.4 Å². The van der Waals surface area contributed by atoms with Gasteiger partial charge in [0.15, 0.2) is 0 Å². The van der Waals surface area contributed by atoms with Crippen molar-refractivity contribution < 1.29 is 0 Å². The van der Waals surface area contributed by atoms with Gasteiger partial charge in [-0.2, -0.15) is 0 Å². The van der Waals surface area contributed by atoms with Crippen molar-refractivity contribution in [3.63, 3.8) is 0 Å². The van der Waals surface area contributed by atoms with Crippen LogP contribution in [0.3, 0.4) is 0 Å². The van der Waals surface area contributed by atoms with E-state index in [4.69, 9.17) is 0 Å². The smallest absolute Gasteiger partial charge is 0.0173 e. The topological polar surface area (TPSA) is 0 Å². The molecule has 140 valence electrons. The van der Waals surface area contributed by atoms with E-state index in [9.17, 15) is 0 Å². The summed E-state index contributed by atoms with van der Waals surface area (Å²) < 4.78 is 0. The zero-order chi connectivity index (χ0) is 19.2. The predicted molar refractivity (Wildman–Crippen MR) is 126 cm³/mol. The number of allylic oxidation sites excluding steroid dienone is 2. The molecule has 0 heterocycles. The number of fused-ring (bicyclic) bond motifs is 6. The second-order valence-electron chi connectivity index (χ2n) is 7.73. The van der Waals surface area contributed by atoms with Gasteiger partial charge in [-0.05, 0) is 52.6 Å². The van der Waals surface area contributed by atoms with Gasteiger partial charge in [0.05, 0.1) is 0 Å². The second-order valence-corrected chi connectivity index (χ2v) is 9.96. The van der Waals surface area contributed by atoms with E-state index in [1.54, 1.807) is 20.9 Å². The maximum absolute atomic E-state index is 2.45. The molecule has 0 radical (unpaired) electrons. The monoisotopic (exact) mass is 408 g/mol. The summed E-state index contributed by atoms with van der Waals surface area (Å²) in [5.41, 5.74) is 3.09. The molecule has 0 aliphatic heterocycles. The molecule has 4 aromatic carbocycles. The summed E-state index contributed by atoms with van der Waals surface area (Å²) in [4.78, 5) is 5.78. The molecular weight excluding hydrogens is 388 g/mol. The number of benzene rings is 4. The Kier molecular flexibility index (Phi) is 4.28. The van der Waals surface area contributed by atoms with E-state index in [2.05, 4.69) is 97.1 Å². The fourth-order valence-electron chi connectivity index (χ4n) is 4.68. The predicted octanol–water partition coefficient (Wildman–Crippen LogP) is 8.22. The van der Waals surface area contributed by atoms with Crippen LogP contribution in [0.15, 0.2) is 117 Å². The van der Waals surface area contributed by atoms with Crippen molar-refractivity contribution in [2.45, 2.75) is 28.0 Å². The lowest BCUT2D eigenvalue weighted by Crippen LogP contribution is -2.02. The Balaban J connectivity index is 1.47. The summed E-state index contributed by atoms with van der Waals surface area (Å²) in [6.07, 6.45) is 1.22. The lowest BCUT2D eigenvalue weighted by atomic mass is 9.93. The summed E-state index contributed by atoms with van der Waals surface area (Å²) in [7, 11) is 0. The molecule has 0 aromatic heterocycles. The maximum atomic E-state index is 2.45. The average Bonchev–Trinajstić information content (AvgIpc) is 3.30. The molecule has 4 aromatic rings. The van der Waals surface area contributed by atoms with Crippen molar-refractivity contribution in [2.24, 2.45) is 0 Å². The van der Waals surface area contributed by atoms with E-state index in [0.717, 1.165) is 0 Å². The molecule has 0 saturated carbocycles. The molecule has 0 amide bonds. The first-order valence-electron chi connectivity index (χ1n) is 10.1. The van der Waals surface area contributed by atoms with Crippen LogP contribution in [0.25, 0.3) is 10.8 Å². The molecule has 0 nitrogen and oxygen atoms in total. The van der Waals surface area contributed by atoms with Gasteiger partial charge in [0.25, 0.3) is 0 Å². The summed E-state index contributed by atoms with van der Waals surface area (Å²) in [5, 5.41) is 2.72. The van der Waals surface area contributed by atoms with Crippen LogP contribution in [-0.2, 0) is 0 Å². The Morgan fingerprint density at radius 3 is 1.38 bits per heavy atom. The van der Waals surface area contributed by atoms with Crippen LogP contribution in [0.4, 0.5) is 0 Å². The van der Waals surface area contributed by atoms with Gasteiger partial charge >= 0.3 is 0 Å². The standard InChI is InChI=1S/C27H20S2/c1-3-11-20(12-4-1)28-26-24-17-25(27(26)29-21-13-5-2-6-14-21)23-16-19-10-8-7-9-18(19)15-22(23)24/h1-16,24-25H,17H2/t24-,25+. The first-order chi connectivity index (χ1) is 14.4. The molecular formula is C27H20S2. The van der Waals surface area contributed by atoms with Gasteiger partial charge in [-0.1, -0.05) is 96.3 Å². The van der Waals surface area contributed by atoms with Crippen molar-refractivity contribution in [2.75, 3.05) is 0 Å². The largest absolute Gasteiger partial charge is 0.0930 e. The number of rotatable bonds is 4. The van der Waals surface area contributed by atoms with Crippen molar-refractivity contribution in [1.82, 2.24) is 0 Å². The molecule has 0 unspecified atom stereocenters. The normalized spacial score (nSPS) is 19.7. The van der Waals surface area contributed by atoms with Gasteiger partial charge in [-0.15, -0.1) is 0 Å². The third kappa shape index (κ3) is 3.02. The summed E-state index contributed by atoms with van der Waals surface area (Å²) in [6, 6.07) is 35.4. The first kappa shape index (κ1) is 17.4. The number of hydrogen-bond donors (Lipinski definition) is 0. The molecule has 6 rings (SSSR count). The minimum atomic E-state index is 0.524. The van der Waals surface area contributed by atoms with Crippen molar-refractivity contribution in [3.05, 3.63) is 118 Å². The molecule has 2 aliphatic carbocycles. The van der Waals surface area contributed by atoms with E-state index in [1.807, 2.05) is 23.5 Å². The Morgan fingerprint density at radius 1 is 0.517 bits per heavy atom. The highest BCUT2D eigenvalue weighted by atomic mass is 32.2. The zero-order valence-corrected chi connectivity index (χ0v) is 17.5. The van der Waals surface area contributed by atoms with Crippen LogP contribution in [-0.4, -0.2) is 0 Å². The molecule has 0 saturated heterocycles. The zero-order valence-electron chi connectivity index (χ0n) is 15.9. The van der Waals surface area contributed by atoms with Gasteiger partial charge in [0.2, 0.25) is 0 Å². The molecule has 0 spiro atoms. The maximum Gasteiger partial charge on any atom is 0.0173 e. The third-order valence-electron chi connectivity index (χ3n) is 5.99. The van der Waals surface area contributed by atoms with Crippen LogP contribution >= 0.6 is 23.5 Å². The molecule has 2 atom stereocenters. The van der Waals surface area contributed by atoms with Crippen LogP contribution in [0.1, 0.15) is 29.4 Å². The Labute approximate surface area is 180 Å². The van der Waals surface area contributed by atoms with Gasteiger partial charge in [0.1, 0.15) is 0 Å². The van der Waals surface area contributed by atoms with Gasteiger partial charge in [-0.3, -0.25) is 0 Å². The lowest BCUT2D eigenvalue weighted by molar-refractivity contribution is 0.797. The number of hydrogen-bond acceptors (Lipinski definition) is 2. The van der Waals surface area contributed by atoms with Gasteiger partial charge in [-0.25, -0.2) is 0 Å². The van der Waals surface area contributed by atoms with E-state index in [0.29, 0.717) is 11.8 Å². The fraction of sp³-hybridized carbons (Fsp3) is 0.111. The third-order valence-corrected chi connectivity index (χ3v) is 8.59. The highest BCUT2D eigenvalue weighted by Crippen LogP contribution is 2.64. The van der Waals surface area contributed by atoms with Crippen molar-refractivity contribution in [3.8, 4) is 0 Å². The van der Waals surface area contributed by atoms with Gasteiger partial charge < -0.3 is 0 Å². The molecule has 2 bridgehead atoms. The highest BCUT2D eigenvalue weighted by molar-refractivity contribution is 8.07.